The molecule has 0 unspecified atom stereocenters. The highest BCUT2D eigenvalue weighted by molar-refractivity contribution is 9.10. The van der Waals surface area contributed by atoms with E-state index in [1.807, 2.05) is 0 Å². The summed E-state index contributed by atoms with van der Waals surface area (Å²) in [6, 6.07) is 17.0. The monoisotopic (exact) mass is 565 g/mol. The highest BCUT2D eigenvalue weighted by Gasteiger charge is 2.23. The van der Waals surface area contributed by atoms with E-state index < -0.39 is 15.8 Å². The van der Waals surface area contributed by atoms with E-state index >= 15 is 4.39 Å². The lowest BCUT2D eigenvalue weighted by Gasteiger charge is -2.12. The standard InChI is InChI=1S/C22H14Br2FNO4S/c23-13-20(27)14-5-4-6-15(11-14)30-22-18(25)12-19-17(21(22)24)9-10-26(19)31(28,29)16-7-2-1-3-8-16/h1-12H,13H2. The van der Waals surface area contributed by atoms with Crippen LogP contribution in [0.25, 0.3) is 10.9 Å². The predicted octanol–water partition coefficient (Wildman–Crippen LogP) is 6.15. The van der Waals surface area contributed by atoms with E-state index in [0.717, 1.165) is 10.0 Å². The van der Waals surface area contributed by atoms with Crippen LogP contribution in [0.3, 0.4) is 0 Å². The van der Waals surface area contributed by atoms with Crippen molar-refractivity contribution in [3.63, 3.8) is 0 Å². The Labute approximate surface area is 194 Å². The second-order valence-electron chi connectivity index (χ2n) is 6.55. The van der Waals surface area contributed by atoms with Gasteiger partial charge in [0.2, 0.25) is 0 Å². The van der Waals surface area contributed by atoms with Crippen molar-refractivity contribution in [1.29, 1.82) is 0 Å². The topological polar surface area (TPSA) is 65.4 Å². The molecule has 0 saturated carbocycles. The van der Waals surface area contributed by atoms with E-state index in [1.165, 1.54) is 24.4 Å². The van der Waals surface area contributed by atoms with Gasteiger partial charge in [-0.05, 0) is 46.3 Å². The van der Waals surface area contributed by atoms with E-state index in [0.29, 0.717) is 10.9 Å². The molecule has 5 nitrogen and oxygen atoms in total. The van der Waals surface area contributed by atoms with E-state index in [9.17, 15) is 13.2 Å². The molecule has 0 radical (unpaired) electrons. The third-order valence-electron chi connectivity index (χ3n) is 4.60. The maximum atomic E-state index is 15.0. The summed E-state index contributed by atoms with van der Waals surface area (Å²) in [7, 11) is -3.90. The van der Waals surface area contributed by atoms with Gasteiger partial charge < -0.3 is 4.74 Å². The van der Waals surface area contributed by atoms with Crippen LogP contribution in [-0.2, 0) is 10.0 Å². The summed E-state index contributed by atoms with van der Waals surface area (Å²) in [5.41, 5.74) is 0.593. The second kappa shape index (κ2) is 8.57. The zero-order valence-electron chi connectivity index (χ0n) is 15.8. The third kappa shape index (κ3) is 4.05. The Bertz CT molecular complexity index is 1400. The molecule has 158 valence electrons. The molecule has 0 bridgehead atoms. The normalized spacial score (nSPS) is 11.6. The molecule has 0 aliphatic carbocycles. The number of benzene rings is 3. The number of Topliss-reactive ketones (excluding diaryl/α,β-unsaturated/α-hetero) is 1. The molecule has 0 atom stereocenters. The molecule has 0 amide bonds. The third-order valence-corrected chi connectivity index (χ3v) is 7.60. The van der Waals surface area contributed by atoms with Crippen LogP contribution in [0.1, 0.15) is 10.4 Å². The minimum Gasteiger partial charge on any atom is -0.453 e. The summed E-state index contributed by atoms with van der Waals surface area (Å²) in [5, 5.41) is 0.618. The summed E-state index contributed by atoms with van der Waals surface area (Å²) >= 11 is 6.46. The van der Waals surface area contributed by atoms with Crippen molar-refractivity contribution in [2.24, 2.45) is 0 Å². The van der Waals surface area contributed by atoms with Crippen LogP contribution in [0, 0.1) is 5.82 Å². The molecular formula is C22H14Br2FNO4S. The second-order valence-corrected chi connectivity index (χ2v) is 9.72. The molecule has 1 aromatic heterocycles. The first-order valence-electron chi connectivity index (χ1n) is 8.99. The Hall–Kier alpha value is -2.49. The Balaban J connectivity index is 1.78. The summed E-state index contributed by atoms with van der Waals surface area (Å²) in [5.74, 6) is -0.712. The number of fused-ring (bicyclic) bond motifs is 1. The van der Waals surface area contributed by atoms with Gasteiger partial charge in [0.15, 0.2) is 17.3 Å². The zero-order valence-corrected chi connectivity index (χ0v) is 19.7. The number of ether oxygens (including phenoxy) is 1. The van der Waals surface area contributed by atoms with Crippen molar-refractivity contribution >= 4 is 58.6 Å². The largest absolute Gasteiger partial charge is 0.453 e. The number of hydrogen-bond donors (Lipinski definition) is 0. The number of aromatic nitrogens is 1. The van der Waals surface area contributed by atoms with Gasteiger partial charge in [0.05, 0.1) is 20.2 Å². The van der Waals surface area contributed by atoms with Crippen LogP contribution in [0.5, 0.6) is 11.5 Å². The number of hydrogen-bond acceptors (Lipinski definition) is 4. The maximum Gasteiger partial charge on any atom is 0.268 e. The predicted molar refractivity (Wildman–Crippen MR) is 123 cm³/mol. The van der Waals surface area contributed by atoms with Crippen molar-refractivity contribution in [2.75, 3.05) is 5.33 Å². The number of halogens is 3. The summed E-state index contributed by atoms with van der Waals surface area (Å²) in [6.45, 7) is 0. The Kier molecular flexibility index (Phi) is 6.00. The quantitative estimate of drug-likeness (QED) is 0.207. The molecule has 0 N–H and O–H groups in total. The average Bonchev–Trinajstić information content (AvgIpc) is 3.21. The van der Waals surface area contributed by atoms with E-state index in [2.05, 4.69) is 31.9 Å². The van der Waals surface area contributed by atoms with Crippen molar-refractivity contribution in [3.8, 4) is 11.5 Å². The van der Waals surface area contributed by atoms with Crippen LogP contribution < -0.4 is 4.74 Å². The Morgan fingerprint density at radius 2 is 1.77 bits per heavy atom. The van der Waals surface area contributed by atoms with Crippen molar-refractivity contribution in [2.45, 2.75) is 4.90 Å². The lowest BCUT2D eigenvalue weighted by atomic mass is 10.1. The van der Waals surface area contributed by atoms with Gasteiger partial charge in [-0.3, -0.25) is 4.79 Å². The first kappa shape index (κ1) is 21.7. The van der Waals surface area contributed by atoms with Gasteiger partial charge in [-0.1, -0.05) is 46.3 Å². The van der Waals surface area contributed by atoms with E-state index in [1.54, 1.807) is 42.5 Å². The minimum atomic E-state index is -3.90. The van der Waals surface area contributed by atoms with Crippen molar-refractivity contribution in [3.05, 3.63) is 88.8 Å². The molecule has 4 rings (SSSR count). The lowest BCUT2D eigenvalue weighted by molar-refractivity contribution is 0.102. The number of carbonyl (C=O) groups excluding carboxylic acids is 1. The number of alkyl halides is 1. The molecule has 0 saturated heterocycles. The molecule has 0 aliphatic heterocycles. The Morgan fingerprint density at radius 3 is 2.48 bits per heavy atom. The smallest absolute Gasteiger partial charge is 0.268 e. The van der Waals surface area contributed by atoms with Crippen LogP contribution in [0.2, 0.25) is 0 Å². The lowest BCUT2D eigenvalue weighted by Crippen LogP contribution is -2.11. The first-order valence-corrected chi connectivity index (χ1v) is 12.3. The molecule has 0 spiro atoms. The minimum absolute atomic E-state index is 0.0950. The summed E-state index contributed by atoms with van der Waals surface area (Å²) < 4.78 is 48.0. The van der Waals surface area contributed by atoms with E-state index in [4.69, 9.17) is 4.74 Å². The Morgan fingerprint density at radius 1 is 1.03 bits per heavy atom. The molecule has 0 aliphatic rings. The van der Waals surface area contributed by atoms with Crippen LogP contribution in [-0.4, -0.2) is 23.5 Å². The fourth-order valence-corrected chi connectivity index (χ4v) is 5.39. The molecule has 9 heteroatoms. The highest BCUT2D eigenvalue weighted by atomic mass is 79.9. The van der Waals surface area contributed by atoms with Gasteiger partial charge in [0, 0.05) is 23.2 Å². The number of carbonyl (C=O) groups is 1. The fraction of sp³-hybridized carbons (Fsp3) is 0.0455. The zero-order chi connectivity index (χ0) is 22.2. The SMILES string of the molecule is O=C(CBr)c1cccc(Oc2c(F)cc3c(ccn3S(=O)(=O)c3ccccc3)c2Br)c1. The van der Waals surface area contributed by atoms with Gasteiger partial charge in [-0.2, -0.15) is 0 Å². The van der Waals surface area contributed by atoms with Crippen molar-refractivity contribution in [1.82, 2.24) is 3.97 Å². The van der Waals surface area contributed by atoms with Crippen molar-refractivity contribution < 1.29 is 22.3 Å². The number of rotatable bonds is 6. The van der Waals surface area contributed by atoms with E-state index in [-0.39, 0.29) is 37.5 Å². The van der Waals surface area contributed by atoms with Gasteiger partial charge in [-0.15, -0.1) is 0 Å². The molecule has 4 aromatic rings. The van der Waals surface area contributed by atoms with Crippen LogP contribution in [0.4, 0.5) is 4.39 Å². The number of ketones is 1. The number of nitrogens with zero attached hydrogens (tertiary/aromatic N) is 1. The van der Waals surface area contributed by atoms with Gasteiger partial charge in [0.1, 0.15) is 5.75 Å². The summed E-state index contributed by atoms with van der Waals surface area (Å²) in [4.78, 5) is 12.0. The first-order chi connectivity index (χ1) is 14.8. The molecule has 31 heavy (non-hydrogen) atoms. The van der Waals surface area contributed by atoms with Gasteiger partial charge in [-0.25, -0.2) is 16.8 Å². The van der Waals surface area contributed by atoms with Gasteiger partial charge >= 0.3 is 0 Å². The van der Waals surface area contributed by atoms with Gasteiger partial charge in [0.25, 0.3) is 10.0 Å². The fourth-order valence-electron chi connectivity index (χ4n) is 3.10. The highest BCUT2D eigenvalue weighted by Crippen LogP contribution is 2.39. The van der Waals surface area contributed by atoms with Crippen LogP contribution in [0.15, 0.2) is 82.3 Å². The average molecular weight is 567 g/mol. The summed E-state index contributed by atoms with van der Waals surface area (Å²) in [6.07, 6.45) is 1.37. The molecule has 1 heterocycles. The molecule has 0 fully saturated rings. The molecule has 3 aromatic carbocycles. The van der Waals surface area contributed by atoms with Crippen LogP contribution >= 0.6 is 31.9 Å². The molecular weight excluding hydrogens is 553 g/mol. The maximum absolute atomic E-state index is 15.0.